The average molecular weight is 260 g/mol. The number of benzene rings is 2. The first-order valence-electron chi connectivity index (χ1n) is 6.32. The van der Waals surface area contributed by atoms with Crippen LogP contribution in [0.1, 0.15) is 30.5 Å². The van der Waals surface area contributed by atoms with Crippen LogP contribution in [0.2, 0.25) is 5.02 Å². The van der Waals surface area contributed by atoms with Crippen molar-refractivity contribution in [1.82, 2.24) is 5.32 Å². The average Bonchev–Trinajstić information content (AvgIpc) is 2.42. The van der Waals surface area contributed by atoms with Crippen molar-refractivity contribution in [2.75, 3.05) is 0 Å². The summed E-state index contributed by atoms with van der Waals surface area (Å²) in [7, 11) is 0. The molecule has 1 nitrogen and oxygen atoms in total. The minimum Gasteiger partial charge on any atom is -0.306 e. The molecule has 0 spiro atoms. The molecule has 0 amide bonds. The summed E-state index contributed by atoms with van der Waals surface area (Å²) < 4.78 is 0. The summed E-state index contributed by atoms with van der Waals surface area (Å²) in [5, 5.41) is 4.37. The Morgan fingerprint density at radius 2 is 1.67 bits per heavy atom. The highest BCUT2D eigenvalue weighted by Crippen LogP contribution is 2.19. The summed E-state index contributed by atoms with van der Waals surface area (Å²) in [6.45, 7) is 3.08. The summed E-state index contributed by atoms with van der Waals surface area (Å²) in [5.74, 6) is 0. The second-order valence-electron chi connectivity index (χ2n) is 4.38. The van der Waals surface area contributed by atoms with Crippen molar-refractivity contribution in [3.8, 4) is 0 Å². The zero-order valence-electron chi connectivity index (χ0n) is 10.6. The number of hydrogen-bond acceptors (Lipinski definition) is 1. The van der Waals surface area contributed by atoms with Crippen molar-refractivity contribution in [3.63, 3.8) is 0 Å². The lowest BCUT2D eigenvalue weighted by Gasteiger charge is -2.17. The Morgan fingerprint density at radius 3 is 2.28 bits per heavy atom. The van der Waals surface area contributed by atoms with E-state index in [9.17, 15) is 0 Å². The van der Waals surface area contributed by atoms with E-state index in [0.29, 0.717) is 6.04 Å². The van der Waals surface area contributed by atoms with Gasteiger partial charge in [-0.15, -0.1) is 0 Å². The quantitative estimate of drug-likeness (QED) is 0.829. The number of hydrogen-bond donors (Lipinski definition) is 1. The fourth-order valence-corrected chi connectivity index (χ4v) is 2.16. The van der Waals surface area contributed by atoms with Gasteiger partial charge in [-0.2, -0.15) is 0 Å². The van der Waals surface area contributed by atoms with Gasteiger partial charge in [-0.05, 0) is 29.7 Å². The van der Waals surface area contributed by atoms with Crippen molar-refractivity contribution in [1.29, 1.82) is 0 Å². The molecule has 0 heterocycles. The molecule has 0 aliphatic rings. The summed E-state index contributed by atoms with van der Waals surface area (Å²) in [6, 6.07) is 18.9. The first-order chi connectivity index (χ1) is 8.79. The van der Waals surface area contributed by atoms with Crippen molar-refractivity contribution in [2.45, 2.75) is 25.9 Å². The molecule has 18 heavy (non-hydrogen) atoms. The Morgan fingerprint density at radius 1 is 1.00 bits per heavy atom. The molecule has 0 saturated heterocycles. The summed E-state index contributed by atoms with van der Waals surface area (Å²) in [6.07, 6.45) is 1.06. The highest BCUT2D eigenvalue weighted by atomic mass is 35.5. The van der Waals surface area contributed by atoms with Crippen molar-refractivity contribution < 1.29 is 0 Å². The highest BCUT2D eigenvalue weighted by Gasteiger charge is 2.08. The standard InChI is InChI=1S/C16H18ClN/c1-2-16(14-8-10-15(17)11-9-14)18-12-13-6-4-3-5-7-13/h3-11,16,18H,2,12H2,1H3. The van der Waals surface area contributed by atoms with Gasteiger partial charge < -0.3 is 5.32 Å². The smallest absolute Gasteiger partial charge is 0.0406 e. The van der Waals surface area contributed by atoms with E-state index in [1.54, 1.807) is 0 Å². The van der Waals surface area contributed by atoms with Crippen LogP contribution in [0.4, 0.5) is 0 Å². The van der Waals surface area contributed by atoms with Gasteiger partial charge in [0.25, 0.3) is 0 Å². The normalized spacial score (nSPS) is 12.3. The number of rotatable bonds is 5. The van der Waals surface area contributed by atoms with E-state index in [4.69, 9.17) is 11.6 Å². The zero-order chi connectivity index (χ0) is 12.8. The molecule has 2 heteroatoms. The number of halogens is 1. The fourth-order valence-electron chi connectivity index (χ4n) is 2.03. The first-order valence-corrected chi connectivity index (χ1v) is 6.70. The van der Waals surface area contributed by atoms with E-state index in [-0.39, 0.29) is 0 Å². The summed E-state index contributed by atoms with van der Waals surface area (Å²) in [4.78, 5) is 0. The molecule has 0 aliphatic carbocycles. The largest absolute Gasteiger partial charge is 0.306 e. The minimum atomic E-state index is 0.377. The third-order valence-corrected chi connectivity index (χ3v) is 3.33. The molecule has 1 N–H and O–H groups in total. The molecule has 0 saturated carbocycles. The van der Waals surface area contributed by atoms with E-state index >= 15 is 0 Å². The molecule has 0 bridgehead atoms. The SMILES string of the molecule is CCC(NCc1ccccc1)c1ccc(Cl)cc1. The van der Waals surface area contributed by atoms with Crippen LogP contribution in [-0.4, -0.2) is 0 Å². The predicted molar refractivity (Wildman–Crippen MR) is 77.8 cm³/mol. The molecule has 0 fully saturated rings. The molecule has 94 valence electrons. The molecule has 0 aromatic heterocycles. The van der Waals surface area contributed by atoms with Gasteiger partial charge in [0.05, 0.1) is 0 Å². The van der Waals surface area contributed by atoms with E-state index < -0.39 is 0 Å². The Bertz CT molecular complexity index is 464. The second-order valence-corrected chi connectivity index (χ2v) is 4.82. The third kappa shape index (κ3) is 3.59. The van der Waals surface area contributed by atoms with Crippen LogP contribution in [-0.2, 0) is 6.54 Å². The van der Waals surface area contributed by atoms with Crippen LogP contribution in [0, 0.1) is 0 Å². The summed E-state index contributed by atoms with van der Waals surface area (Å²) >= 11 is 5.91. The molecule has 2 aromatic carbocycles. The Hall–Kier alpha value is -1.31. The zero-order valence-corrected chi connectivity index (χ0v) is 11.3. The van der Waals surface area contributed by atoms with E-state index in [0.717, 1.165) is 18.0 Å². The van der Waals surface area contributed by atoms with Gasteiger partial charge in [-0.1, -0.05) is 61.0 Å². The van der Waals surface area contributed by atoms with Crippen molar-refractivity contribution >= 4 is 11.6 Å². The molecule has 2 rings (SSSR count). The van der Waals surface area contributed by atoms with Crippen LogP contribution in [0.3, 0.4) is 0 Å². The van der Waals surface area contributed by atoms with Crippen LogP contribution >= 0.6 is 11.6 Å². The lowest BCUT2D eigenvalue weighted by Crippen LogP contribution is -2.20. The molecule has 1 unspecified atom stereocenters. The van der Waals surface area contributed by atoms with Gasteiger partial charge in [-0.3, -0.25) is 0 Å². The predicted octanol–water partition coefficient (Wildman–Crippen LogP) is 4.58. The lowest BCUT2D eigenvalue weighted by molar-refractivity contribution is 0.519. The third-order valence-electron chi connectivity index (χ3n) is 3.08. The van der Waals surface area contributed by atoms with Crippen LogP contribution in [0.15, 0.2) is 54.6 Å². The maximum absolute atomic E-state index is 5.91. The molecule has 1 atom stereocenters. The van der Waals surface area contributed by atoms with Crippen LogP contribution in [0.5, 0.6) is 0 Å². The van der Waals surface area contributed by atoms with Crippen molar-refractivity contribution in [3.05, 3.63) is 70.7 Å². The van der Waals surface area contributed by atoms with Gasteiger partial charge in [0, 0.05) is 17.6 Å². The maximum Gasteiger partial charge on any atom is 0.0406 e. The molecule has 0 aliphatic heterocycles. The Kier molecular flexibility index (Phi) is 4.80. The molecule has 2 aromatic rings. The second kappa shape index (κ2) is 6.58. The van der Waals surface area contributed by atoms with E-state index in [2.05, 4.69) is 48.6 Å². The molecular formula is C16H18ClN. The van der Waals surface area contributed by atoms with E-state index in [1.807, 2.05) is 18.2 Å². The first kappa shape index (κ1) is 13.1. The van der Waals surface area contributed by atoms with Gasteiger partial charge >= 0.3 is 0 Å². The van der Waals surface area contributed by atoms with Gasteiger partial charge in [0.15, 0.2) is 0 Å². The van der Waals surface area contributed by atoms with Gasteiger partial charge in [0.1, 0.15) is 0 Å². The van der Waals surface area contributed by atoms with Crippen LogP contribution < -0.4 is 5.32 Å². The monoisotopic (exact) mass is 259 g/mol. The van der Waals surface area contributed by atoms with E-state index in [1.165, 1.54) is 11.1 Å². The van der Waals surface area contributed by atoms with Crippen LogP contribution in [0.25, 0.3) is 0 Å². The fraction of sp³-hybridized carbons (Fsp3) is 0.250. The Balaban J connectivity index is 1.99. The lowest BCUT2D eigenvalue weighted by atomic mass is 10.0. The van der Waals surface area contributed by atoms with Gasteiger partial charge in [0.2, 0.25) is 0 Å². The highest BCUT2D eigenvalue weighted by molar-refractivity contribution is 6.30. The molecular weight excluding hydrogens is 242 g/mol. The summed E-state index contributed by atoms with van der Waals surface area (Å²) in [5.41, 5.74) is 2.60. The number of nitrogens with one attached hydrogen (secondary N) is 1. The maximum atomic E-state index is 5.91. The Labute approximate surface area is 114 Å². The van der Waals surface area contributed by atoms with Gasteiger partial charge in [-0.25, -0.2) is 0 Å². The minimum absolute atomic E-state index is 0.377. The van der Waals surface area contributed by atoms with Crippen molar-refractivity contribution in [2.24, 2.45) is 0 Å². The molecule has 0 radical (unpaired) electrons. The topological polar surface area (TPSA) is 12.0 Å².